The molecule has 1 aromatic heterocycles. The van der Waals surface area contributed by atoms with E-state index in [0.717, 1.165) is 31.2 Å². The van der Waals surface area contributed by atoms with Crippen molar-refractivity contribution < 1.29 is 5.11 Å². The maximum Gasteiger partial charge on any atom is 0.0644 e. The van der Waals surface area contributed by atoms with Crippen molar-refractivity contribution in [3.63, 3.8) is 0 Å². The maximum absolute atomic E-state index is 9.15. The highest BCUT2D eigenvalue weighted by Crippen LogP contribution is 2.25. The van der Waals surface area contributed by atoms with Gasteiger partial charge in [0.25, 0.3) is 0 Å². The van der Waals surface area contributed by atoms with Gasteiger partial charge in [-0.2, -0.15) is 5.10 Å². The lowest BCUT2D eigenvalue weighted by Gasteiger charge is -2.37. The number of aliphatic hydroxyl groups is 1. The molecule has 1 aliphatic carbocycles. The molecule has 5 heteroatoms. The molecule has 24 heavy (non-hydrogen) atoms. The number of aromatic nitrogens is 2. The van der Waals surface area contributed by atoms with Gasteiger partial charge < -0.3 is 10.0 Å². The molecule has 3 rings (SSSR count). The zero-order valence-electron chi connectivity index (χ0n) is 15.5. The van der Waals surface area contributed by atoms with Gasteiger partial charge in [-0.3, -0.25) is 9.58 Å². The Kier molecular flexibility index (Phi) is 6.31. The van der Waals surface area contributed by atoms with Crippen LogP contribution in [0.4, 0.5) is 0 Å². The van der Waals surface area contributed by atoms with Crippen LogP contribution in [0.3, 0.4) is 0 Å². The summed E-state index contributed by atoms with van der Waals surface area (Å²) in [6, 6.07) is 0. The van der Waals surface area contributed by atoms with Crippen molar-refractivity contribution in [2.75, 3.05) is 39.3 Å². The SMILES string of the molecule is Cc1nn(CCO)c(C)c1CN1CCN(CC2CCCCC2)CC1. The van der Waals surface area contributed by atoms with Crippen molar-refractivity contribution in [1.82, 2.24) is 19.6 Å². The second-order valence-corrected chi connectivity index (χ2v) is 7.68. The average molecular weight is 335 g/mol. The molecule has 0 aromatic carbocycles. The van der Waals surface area contributed by atoms with E-state index in [1.165, 1.54) is 63.0 Å². The minimum absolute atomic E-state index is 0.154. The lowest BCUT2D eigenvalue weighted by atomic mass is 9.89. The van der Waals surface area contributed by atoms with Crippen molar-refractivity contribution in [2.45, 2.75) is 59.0 Å². The van der Waals surface area contributed by atoms with Gasteiger partial charge in [-0.05, 0) is 32.6 Å². The van der Waals surface area contributed by atoms with Gasteiger partial charge in [0.15, 0.2) is 0 Å². The van der Waals surface area contributed by atoms with E-state index < -0.39 is 0 Å². The first-order valence-corrected chi connectivity index (χ1v) is 9.76. The Bertz CT molecular complexity index is 514. The Morgan fingerprint density at radius 3 is 2.33 bits per heavy atom. The number of hydrogen-bond donors (Lipinski definition) is 1. The molecule has 2 aliphatic rings. The topological polar surface area (TPSA) is 44.5 Å². The first-order chi connectivity index (χ1) is 11.7. The third kappa shape index (κ3) is 4.38. The number of aryl methyl sites for hydroxylation is 1. The smallest absolute Gasteiger partial charge is 0.0644 e. The van der Waals surface area contributed by atoms with E-state index >= 15 is 0 Å². The number of rotatable bonds is 6. The molecule has 0 spiro atoms. The quantitative estimate of drug-likeness (QED) is 0.866. The minimum Gasteiger partial charge on any atom is -0.394 e. The normalized spacial score (nSPS) is 21.5. The first kappa shape index (κ1) is 17.9. The van der Waals surface area contributed by atoms with E-state index in [1.54, 1.807) is 0 Å². The highest BCUT2D eigenvalue weighted by atomic mass is 16.3. The standard InChI is InChI=1S/C19H34N4O/c1-16-19(17(2)23(20-16)12-13-24)15-22-10-8-21(9-11-22)14-18-6-4-3-5-7-18/h18,24H,3-15H2,1-2H3. The lowest BCUT2D eigenvalue weighted by molar-refractivity contribution is 0.105. The molecule has 0 amide bonds. The first-order valence-electron chi connectivity index (χ1n) is 9.76. The molecule has 2 heterocycles. The molecule has 5 nitrogen and oxygen atoms in total. The summed E-state index contributed by atoms with van der Waals surface area (Å²) in [5.74, 6) is 0.950. The molecule has 1 saturated heterocycles. The summed E-state index contributed by atoms with van der Waals surface area (Å²) in [5, 5.41) is 13.7. The zero-order chi connectivity index (χ0) is 16.9. The van der Waals surface area contributed by atoms with Gasteiger partial charge in [0.05, 0.1) is 18.8 Å². The van der Waals surface area contributed by atoms with Crippen LogP contribution in [0, 0.1) is 19.8 Å². The number of piperazine rings is 1. The van der Waals surface area contributed by atoms with Gasteiger partial charge >= 0.3 is 0 Å². The molecule has 1 aliphatic heterocycles. The lowest BCUT2D eigenvalue weighted by Crippen LogP contribution is -2.47. The summed E-state index contributed by atoms with van der Waals surface area (Å²) in [6.07, 6.45) is 7.24. The summed E-state index contributed by atoms with van der Waals surface area (Å²) in [6.45, 7) is 12.0. The predicted molar refractivity (Wildman–Crippen MR) is 97.1 cm³/mol. The predicted octanol–water partition coefficient (Wildman–Crippen LogP) is 2.19. The fourth-order valence-electron chi connectivity index (χ4n) is 4.36. The van der Waals surface area contributed by atoms with E-state index in [1.807, 2.05) is 4.68 Å². The summed E-state index contributed by atoms with van der Waals surface area (Å²) in [7, 11) is 0. The Balaban J connectivity index is 1.48. The summed E-state index contributed by atoms with van der Waals surface area (Å²) in [4.78, 5) is 5.25. The molecule has 1 aromatic rings. The van der Waals surface area contributed by atoms with Crippen molar-refractivity contribution >= 4 is 0 Å². The number of hydrogen-bond acceptors (Lipinski definition) is 4. The number of nitrogens with zero attached hydrogens (tertiary/aromatic N) is 4. The molecule has 136 valence electrons. The van der Waals surface area contributed by atoms with Crippen LogP contribution >= 0.6 is 0 Å². The molecule has 0 radical (unpaired) electrons. The number of aliphatic hydroxyl groups excluding tert-OH is 1. The molecular weight excluding hydrogens is 300 g/mol. The van der Waals surface area contributed by atoms with Gasteiger partial charge in [0.1, 0.15) is 0 Å². The Morgan fingerprint density at radius 1 is 1.00 bits per heavy atom. The Morgan fingerprint density at radius 2 is 1.67 bits per heavy atom. The van der Waals surface area contributed by atoms with Crippen LogP contribution in [0.15, 0.2) is 0 Å². The van der Waals surface area contributed by atoms with Crippen LogP contribution in [-0.4, -0.2) is 64.0 Å². The molecule has 2 fully saturated rings. The third-order valence-electron chi connectivity index (χ3n) is 5.93. The van der Waals surface area contributed by atoms with Crippen molar-refractivity contribution in [3.8, 4) is 0 Å². The fourth-order valence-corrected chi connectivity index (χ4v) is 4.36. The molecule has 0 atom stereocenters. The van der Waals surface area contributed by atoms with Crippen molar-refractivity contribution in [3.05, 3.63) is 17.0 Å². The summed E-state index contributed by atoms with van der Waals surface area (Å²) in [5.41, 5.74) is 3.68. The van der Waals surface area contributed by atoms with E-state index in [9.17, 15) is 0 Å². The van der Waals surface area contributed by atoms with Crippen LogP contribution in [0.1, 0.15) is 49.1 Å². The van der Waals surface area contributed by atoms with Crippen LogP contribution in [0.2, 0.25) is 0 Å². The minimum atomic E-state index is 0.154. The van der Waals surface area contributed by atoms with Gasteiger partial charge in [-0.1, -0.05) is 19.3 Å². The summed E-state index contributed by atoms with van der Waals surface area (Å²) < 4.78 is 1.95. The van der Waals surface area contributed by atoms with Crippen molar-refractivity contribution in [2.24, 2.45) is 5.92 Å². The van der Waals surface area contributed by atoms with Gasteiger partial charge in [-0.15, -0.1) is 0 Å². The van der Waals surface area contributed by atoms with Crippen LogP contribution < -0.4 is 0 Å². The highest BCUT2D eigenvalue weighted by molar-refractivity contribution is 5.24. The van der Waals surface area contributed by atoms with E-state index in [0.29, 0.717) is 6.54 Å². The van der Waals surface area contributed by atoms with Gasteiger partial charge in [0, 0.05) is 50.5 Å². The molecule has 0 bridgehead atoms. The zero-order valence-corrected chi connectivity index (χ0v) is 15.5. The third-order valence-corrected chi connectivity index (χ3v) is 5.93. The van der Waals surface area contributed by atoms with E-state index in [4.69, 9.17) is 5.11 Å². The van der Waals surface area contributed by atoms with Crippen LogP contribution in [-0.2, 0) is 13.1 Å². The highest BCUT2D eigenvalue weighted by Gasteiger charge is 2.23. The molecule has 0 unspecified atom stereocenters. The molecule has 1 N–H and O–H groups in total. The van der Waals surface area contributed by atoms with Gasteiger partial charge in [-0.25, -0.2) is 0 Å². The second-order valence-electron chi connectivity index (χ2n) is 7.68. The largest absolute Gasteiger partial charge is 0.394 e. The monoisotopic (exact) mass is 334 g/mol. The summed E-state index contributed by atoms with van der Waals surface area (Å²) >= 11 is 0. The van der Waals surface area contributed by atoms with Gasteiger partial charge in [0.2, 0.25) is 0 Å². The van der Waals surface area contributed by atoms with E-state index in [-0.39, 0.29) is 6.61 Å². The van der Waals surface area contributed by atoms with Crippen molar-refractivity contribution in [1.29, 1.82) is 0 Å². The Hall–Kier alpha value is -0.910. The van der Waals surface area contributed by atoms with Crippen LogP contribution in [0.5, 0.6) is 0 Å². The van der Waals surface area contributed by atoms with Crippen LogP contribution in [0.25, 0.3) is 0 Å². The second kappa shape index (κ2) is 8.45. The molecular formula is C19H34N4O. The average Bonchev–Trinajstić information content (AvgIpc) is 2.85. The Labute approximate surface area is 146 Å². The van der Waals surface area contributed by atoms with E-state index in [2.05, 4.69) is 28.7 Å². The maximum atomic E-state index is 9.15. The fraction of sp³-hybridized carbons (Fsp3) is 0.842. The molecule has 1 saturated carbocycles.